The summed E-state index contributed by atoms with van der Waals surface area (Å²) in [5, 5.41) is 13.9. The number of amides is 1. The quantitative estimate of drug-likeness (QED) is 0.744. The van der Waals surface area contributed by atoms with Gasteiger partial charge in [0, 0.05) is 31.2 Å². The number of nitrogens with one attached hydrogen (secondary N) is 2. The summed E-state index contributed by atoms with van der Waals surface area (Å²) < 4.78 is 0. The first-order valence-corrected chi connectivity index (χ1v) is 8.83. The van der Waals surface area contributed by atoms with Crippen molar-refractivity contribution in [2.24, 2.45) is 0 Å². The van der Waals surface area contributed by atoms with Crippen LogP contribution in [-0.4, -0.2) is 45.3 Å². The van der Waals surface area contributed by atoms with E-state index in [1.807, 2.05) is 36.4 Å². The summed E-state index contributed by atoms with van der Waals surface area (Å²) in [6.45, 7) is 2.73. The Hall–Kier alpha value is -2.99. The van der Waals surface area contributed by atoms with Crippen LogP contribution >= 0.6 is 0 Å². The van der Waals surface area contributed by atoms with Crippen LogP contribution in [0.5, 0.6) is 0 Å². The van der Waals surface area contributed by atoms with E-state index in [9.17, 15) is 4.79 Å². The van der Waals surface area contributed by atoms with E-state index in [0.717, 1.165) is 31.6 Å². The number of rotatable bonds is 5. The lowest BCUT2D eigenvalue weighted by atomic mass is 10.1. The lowest BCUT2D eigenvalue weighted by Crippen LogP contribution is -2.37. The second kappa shape index (κ2) is 7.49. The van der Waals surface area contributed by atoms with E-state index in [2.05, 4.69) is 49.9 Å². The number of hydrogen-bond donors (Lipinski definition) is 2. The maximum atomic E-state index is 12.7. The normalized spacial score (nSPS) is 17.3. The molecule has 0 spiro atoms. The van der Waals surface area contributed by atoms with Gasteiger partial charge in [0.15, 0.2) is 5.69 Å². The summed E-state index contributed by atoms with van der Waals surface area (Å²) in [4.78, 5) is 15.0. The predicted molar refractivity (Wildman–Crippen MR) is 99.4 cm³/mol. The number of likely N-dealkylation sites (tertiary alicyclic amines) is 1. The Labute approximate surface area is 152 Å². The van der Waals surface area contributed by atoms with Crippen molar-refractivity contribution in [1.82, 2.24) is 25.6 Å². The summed E-state index contributed by atoms with van der Waals surface area (Å²) in [5.74, 6) is -0.177. The minimum atomic E-state index is -0.177. The van der Waals surface area contributed by atoms with Crippen molar-refractivity contribution in [3.8, 4) is 11.3 Å². The lowest BCUT2D eigenvalue weighted by Gasteiger charge is -2.16. The molecule has 2 heterocycles. The minimum absolute atomic E-state index is 0.131. The van der Waals surface area contributed by atoms with Crippen molar-refractivity contribution in [2.75, 3.05) is 13.1 Å². The van der Waals surface area contributed by atoms with Crippen LogP contribution in [0.3, 0.4) is 0 Å². The van der Waals surface area contributed by atoms with Crippen LogP contribution in [0.1, 0.15) is 22.5 Å². The van der Waals surface area contributed by atoms with E-state index < -0.39 is 0 Å². The molecule has 6 nitrogen and oxygen atoms in total. The number of aromatic amines is 1. The Morgan fingerprint density at radius 3 is 2.58 bits per heavy atom. The average Bonchev–Trinajstić information content (AvgIpc) is 3.33. The summed E-state index contributed by atoms with van der Waals surface area (Å²) in [6, 6.07) is 20.2. The number of hydrogen-bond acceptors (Lipinski definition) is 4. The average molecular weight is 347 g/mol. The van der Waals surface area contributed by atoms with E-state index in [0.29, 0.717) is 11.4 Å². The molecule has 1 amide bonds. The molecule has 0 saturated carbocycles. The fourth-order valence-electron chi connectivity index (χ4n) is 3.38. The second-order valence-electron chi connectivity index (χ2n) is 6.57. The largest absolute Gasteiger partial charge is 0.346 e. The number of nitrogens with zero attached hydrogens (tertiary/aromatic N) is 3. The van der Waals surface area contributed by atoms with E-state index in [1.54, 1.807) is 0 Å². The van der Waals surface area contributed by atoms with E-state index >= 15 is 0 Å². The summed E-state index contributed by atoms with van der Waals surface area (Å²) in [5.41, 5.74) is 3.10. The molecule has 3 aromatic rings. The first-order valence-electron chi connectivity index (χ1n) is 8.83. The number of aromatic nitrogens is 3. The molecule has 0 unspecified atom stereocenters. The van der Waals surface area contributed by atoms with Crippen molar-refractivity contribution in [1.29, 1.82) is 0 Å². The molecule has 1 atom stereocenters. The topological polar surface area (TPSA) is 73.9 Å². The highest BCUT2D eigenvalue weighted by molar-refractivity contribution is 5.98. The highest BCUT2D eigenvalue weighted by Gasteiger charge is 2.26. The molecule has 1 fully saturated rings. The molecule has 2 aromatic carbocycles. The third-order valence-electron chi connectivity index (χ3n) is 4.67. The van der Waals surface area contributed by atoms with Crippen LogP contribution in [0, 0.1) is 0 Å². The van der Waals surface area contributed by atoms with Gasteiger partial charge in [-0.1, -0.05) is 60.7 Å². The van der Waals surface area contributed by atoms with Gasteiger partial charge in [-0.05, 0) is 12.0 Å². The Balaban J connectivity index is 1.38. The van der Waals surface area contributed by atoms with Crippen molar-refractivity contribution in [2.45, 2.75) is 19.0 Å². The van der Waals surface area contributed by atoms with E-state index in [-0.39, 0.29) is 11.9 Å². The zero-order valence-electron chi connectivity index (χ0n) is 14.4. The van der Waals surface area contributed by atoms with Gasteiger partial charge in [0.1, 0.15) is 5.69 Å². The maximum Gasteiger partial charge on any atom is 0.274 e. The molecular weight excluding hydrogens is 326 g/mol. The monoisotopic (exact) mass is 347 g/mol. The standard InChI is InChI=1S/C20H21N5O/c26-20(19-18(22-24-23-19)16-9-5-2-6-10-16)21-17-11-12-25(14-17)13-15-7-3-1-4-8-15/h1-10,17H,11-14H2,(H,21,26)(H,22,23,24)/t17-/m1/s1. The first-order chi connectivity index (χ1) is 12.8. The third-order valence-corrected chi connectivity index (χ3v) is 4.67. The van der Waals surface area contributed by atoms with Crippen LogP contribution < -0.4 is 5.32 Å². The SMILES string of the molecule is O=C(N[C@@H]1CCN(Cc2ccccc2)C1)c1n[nH]nc1-c1ccccc1. The smallest absolute Gasteiger partial charge is 0.274 e. The molecule has 2 N–H and O–H groups in total. The van der Waals surface area contributed by atoms with Crippen LogP contribution in [0.2, 0.25) is 0 Å². The molecule has 132 valence electrons. The Kier molecular flexibility index (Phi) is 4.75. The van der Waals surface area contributed by atoms with Crippen LogP contribution in [-0.2, 0) is 6.54 Å². The van der Waals surface area contributed by atoms with Gasteiger partial charge in [0.2, 0.25) is 0 Å². The van der Waals surface area contributed by atoms with Crippen molar-refractivity contribution >= 4 is 5.91 Å². The van der Waals surface area contributed by atoms with Crippen molar-refractivity contribution < 1.29 is 4.79 Å². The third kappa shape index (κ3) is 3.65. The molecule has 26 heavy (non-hydrogen) atoms. The number of carbonyl (C=O) groups is 1. The highest BCUT2D eigenvalue weighted by Crippen LogP contribution is 2.20. The molecule has 0 bridgehead atoms. The summed E-state index contributed by atoms with van der Waals surface area (Å²) in [7, 11) is 0. The van der Waals surface area contributed by atoms with Gasteiger partial charge in [-0.2, -0.15) is 15.4 Å². The maximum absolute atomic E-state index is 12.7. The fraction of sp³-hybridized carbons (Fsp3) is 0.250. The second-order valence-corrected chi connectivity index (χ2v) is 6.57. The first kappa shape index (κ1) is 16.5. The molecule has 4 rings (SSSR count). The summed E-state index contributed by atoms with van der Waals surface area (Å²) >= 11 is 0. The van der Waals surface area contributed by atoms with Gasteiger partial charge >= 0.3 is 0 Å². The zero-order chi connectivity index (χ0) is 17.8. The minimum Gasteiger partial charge on any atom is -0.346 e. The molecule has 1 aromatic heterocycles. The highest BCUT2D eigenvalue weighted by atomic mass is 16.2. The number of carbonyl (C=O) groups excluding carboxylic acids is 1. The fourth-order valence-corrected chi connectivity index (χ4v) is 3.38. The Morgan fingerprint density at radius 2 is 1.81 bits per heavy atom. The number of benzene rings is 2. The van der Waals surface area contributed by atoms with Gasteiger partial charge in [-0.3, -0.25) is 9.69 Å². The molecule has 1 aliphatic heterocycles. The van der Waals surface area contributed by atoms with Gasteiger partial charge in [-0.15, -0.1) is 0 Å². The lowest BCUT2D eigenvalue weighted by molar-refractivity contribution is 0.0933. The molecule has 1 aliphatic rings. The molecule has 1 saturated heterocycles. The van der Waals surface area contributed by atoms with Gasteiger partial charge in [0.05, 0.1) is 0 Å². The van der Waals surface area contributed by atoms with Crippen LogP contribution in [0.4, 0.5) is 0 Å². The van der Waals surface area contributed by atoms with Crippen LogP contribution in [0.25, 0.3) is 11.3 Å². The zero-order valence-corrected chi connectivity index (χ0v) is 14.4. The molecular formula is C20H21N5O. The van der Waals surface area contributed by atoms with E-state index in [1.165, 1.54) is 5.56 Å². The van der Waals surface area contributed by atoms with Crippen molar-refractivity contribution in [3.63, 3.8) is 0 Å². The number of H-pyrrole nitrogens is 1. The molecule has 0 aliphatic carbocycles. The van der Waals surface area contributed by atoms with Gasteiger partial charge in [-0.25, -0.2) is 0 Å². The molecule has 6 heteroatoms. The predicted octanol–water partition coefficient (Wildman–Crippen LogP) is 2.48. The molecule has 0 radical (unpaired) electrons. The Bertz CT molecular complexity index is 862. The Morgan fingerprint density at radius 1 is 1.08 bits per heavy atom. The van der Waals surface area contributed by atoms with Gasteiger partial charge < -0.3 is 5.32 Å². The van der Waals surface area contributed by atoms with Gasteiger partial charge in [0.25, 0.3) is 5.91 Å². The summed E-state index contributed by atoms with van der Waals surface area (Å²) in [6.07, 6.45) is 0.942. The van der Waals surface area contributed by atoms with Crippen LogP contribution in [0.15, 0.2) is 60.7 Å². The van der Waals surface area contributed by atoms with E-state index in [4.69, 9.17) is 0 Å². The van der Waals surface area contributed by atoms with Crippen molar-refractivity contribution in [3.05, 3.63) is 71.9 Å².